The molecule has 3 rings (SSSR count). The molecular formula is C28H32N2O3. The molecule has 0 aromatic heterocycles. The fourth-order valence-electron chi connectivity index (χ4n) is 3.55. The zero-order valence-electron chi connectivity index (χ0n) is 19.8. The lowest BCUT2D eigenvalue weighted by molar-refractivity contribution is 0.0976. The van der Waals surface area contributed by atoms with Gasteiger partial charge in [0.25, 0.3) is 5.91 Å². The maximum Gasteiger partial charge on any atom is 0.255 e. The second-order valence-electron chi connectivity index (χ2n) is 8.63. The highest BCUT2D eigenvalue weighted by atomic mass is 16.5. The number of amides is 1. The van der Waals surface area contributed by atoms with E-state index in [4.69, 9.17) is 4.74 Å². The third-order valence-electron chi connectivity index (χ3n) is 5.49. The summed E-state index contributed by atoms with van der Waals surface area (Å²) < 4.78 is 5.18. The molecule has 0 aliphatic heterocycles. The number of carbonyl (C=O) groups excluding carboxylic acids is 2. The lowest BCUT2D eigenvalue weighted by Crippen LogP contribution is -2.11. The summed E-state index contributed by atoms with van der Waals surface area (Å²) >= 11 is 0. The van der Waals surface area contributed by atoms with E-state index in [2.05, 4.69) is 24.5 Å². The summed E-state index contributed by atoms with van der Waals surface area (Å²) in [6.45, 7) is 6.35. The molecule has 172 valence electrons. The molecule has 0 aliphatic rings. The van der Waals surface area contributed by atoms with Crippen molar-refractivity contribution in [2.24, 2.45) is 5.92 Å². The van der Waals surface area contributed by atoms with Crippen molar-refractivity contribution in [2.75, 3.05) is 17.7 Å². The van der Waals surface area contributed by atoms with Crippen molar-refractivity contribution in [3.63, 3.8) is 0 Å². The van der Waals surface area contributed by atoms with E-state index in [1.807, 2.05) is 49.4 Å². The standard InChI is InChI=1S/C28H32N2O3/c1-19(2)7-5-10-27(31)21-11-16-26(20(3)17-21)29-23-12-14-24(15-13-23)30-28(32)22-8-6-9-25(18-22)33-4/h6,8-9,11-19,29H,5,7,10H2,1-4H3,(H,30,32). The second-order valence-corrected chi connectivity index (χ2v) is 8.63. The number of nitrogens with one attached hydrogen (secondary N) is 2. The smallest absolute Gasteiger partial charge is 0.255 e. The Morgan fingerprint density at radius 1 is 0.909 bits per heavy atom. The predicted molar refractivity (Wildman–Crippen MR) is 135 cm³/mol. The number of anilines is 3. The molecule has 5 heteroatoms. The zero-order valence-corrected chi connectivity index (χ0v) is 19.8. The lowest BCUT2D eigenvalue weighted by atomic mass is 9.99. The maximum absolute atomic E-state index is 12.5. The number of ether oxygens (including phenoxy) is 1. The van der Waals surface area contributed by atoms with Gasteiger partial charge in [0.2, 0.25) is 0 Å². The van der Waals surface area contributed by atoms with E-state index >= 15 is 0 Å². The van der Waals surface area contributed by atoms with Crippen molar-refractivity contribution in [1.82, 2.24) is 0 Å². The Morgan fingerprint density at radius 2 is 1.64 bits per heavy atom. The highest BCUT2D eigenvalue weighted by Gasteiger charge is 2.10. The molecule has 5 nitrogen and oxygen atoms in total. The number of methoxy groups -OCH3 is 1. The van der Waals surface area contributed by atoms with E-state index in [1.165, 1.54) is 0 Å². The first-order valence-corrected chi connectivity index (χ1v) is 11.3. The van der Waals surface area contributed by atoms with Gasteiger partial charge in [-0.25, -0.2) is 0 Å². The first-order chi connectivity index (χ1) is 15.9. The van der Waals surface area contributed by atoms with Gasteiger partial charge >= 0.3 is 0 Å². The molecule has 0 heterocycles. The number of Topliss-reactive ketones (excluding diaryl/α,β-unsaturated/α-hetero) is 1. The van der Waals surface area contributed by atoms with Crippen LogP contribution in [0.2, 0.25) is 0 Å². The summed E-state index contributed by atoms with van der Waals surface area (Å²) in [5.41, 5.74) is 4.85. The Morgan fingerprint density at radius 3 is 2.30 bits per heavy atom. The normalized spacial score (nSPS) is 10.7. The van der Waals surface area contributed by atoms with Crippen molar-refractivity contribution >= 4 is 28.8 Å². The van der Waals surface area contributed by atoms with Gasteiger partial charge in [-0.3, -0.25) is 9.59 Å². The first-order valence-electron chi connectivity index (χ1n) is 11.3. The molecule has 0 spiro atoms. The molecule has 3 aromatic carbocycles. The molecule has 0 radical (unpaired) electrons. The minimum Gasteiger partial charge on any atom is -0.497 e. The summed E-state index contributed by atoms with van der Waals surface area (Å²) in [5.74, 6) is 1.26. The number of ketones is 1. The SMILES string of the molecule is COc1cccc(C(=O)Nc2ccc(Nc3ccc(C(=O)CCCC(C)C)cc3C)cc2)c1. The lowest BCUT2D eigenvalue weighted by Gasteiger charge is -2.12. The van der Waals surface area contributed by atoms with E-state index in [0.717, 1.165) is 35.3 Å². The molecule has 2 N–H and O–H groups in total. The molecule has 0 fully saturated rings. The van der Waals surface area contributed by atoms with Crippen LogP contribution in [0.1, 0.15) is 59.4 Å². The zero-order chi connectivity index (χ0) is 23.8. The number of rotatable bonds is 10. The van der Waals surface area contributed by atoms with Crippen molar-refractivity contribution in [2.45, 2.75) is 40.0 Å². The Labute approximate surface area is 196 Å². The van der Waals surface area contributed by atoms with E-state index in [1.54, 1.807) is 31.4 Å². The maximum atomic E-state index is 12.5. The van der Waals surface area contributed by atoms with Crippen LogP contribution in [0.3, 0.4) is 0 Å². The molecule has 3 aromatic rings. The number of hydrogen-bond acceptors (Lipinski definition) is 4. The summed E-state index contributed by atoms with van der Waals surface area (Å²) in [6.07, 6.45) is 2.59. The summed E-state index contributed by atoms with van der Waals surface area (Å²) in [7, 11) is 1.57. The Bertz CT molecular complexity index is 1100. The number of aryl methyl sites for hydroxylation is 1. The molecular weight excluding hydrogens is 412 g/mol. The van der Waals surface area contributed by atoms with Crippen LogP contribution in [0, 0.1) is 12.8 Å². The van der Waals surface area contributed by atoms with Crippen molar-refractivity contribution in [1.29, 1.82) is 0 Å². The number of benzene rings is 3. The van der Waals surface area contributed by atoms with Gasteiger partial charge in [-0.2, -0.15) is 0 Å². The number of hydrogen-bond donors (Lipinski definition) is 2. The molecule has 0 saturated heterocycles. The van der Waals surface area contributed by atoms with Crippen LogP contribution in [0.15, 0.2) is 66.7 Å². The van der Waals surface area contributed by atoms with Gasteiger partial charge in [-0.1, -0.05) is 26.3 Å². The topological polar surface area (TPSA) is 67.4 Å². The Balaban J connectivity index is 1.60. The molecule has 33 heavy (non-hydrogen) atoms. The number of carbonyl (C=O) groups is 2. The van der Waals surface area contributed by atoms with Crippen LogP contribution in [0.4, 0.5) is 17.1 Å². The van der Waals surface area contributed by atoms with Crippen LogP contribution < -0.4 is 15.4 Å². The molecule has 0 unspecified atom stereocenters. The van der Waals surface area contributed by atoms with Crippen LogP contribution in [-0.4, -0.2) is 18.8 Å². The van der Waals surface area contributed by atoms with Crippen molar-refractivity contribution in [3.05, 3.63) is 83.4 Å². The molecule has 0 bridgehead atoms. The van der Waals surface area contributed by atoms with Gasteiger partial charge in [0, 0.05) is 34.6 Å². The van der Waals surface area contributed by atoms with Gasteiger partial charge < -0.3 is 15.4 Å². The fraction of sp³-hybridized carbons (Fsp3) is 0.286. The molecule has 0 atom stereocenters. The highest BCUT2D eigenvalue weighted by Crippen LogP contribution is 2.24. The average Bonchev–Trinajstić information content (AvgIpc) is 2.81. The van der Waals surface area contributed by atoms with Crippen molar-refractivity contribution in [3.8, 4) is 5.75 Å². The van der Waals surface area contributed by atoms with Gasteiger partial charge in [0.15, 0.2) is 5.78 Å². The molecule has 0 aliphatic carbocycles. The van der Waals surface area contributed by atoms with Crippen LogP contribution >= 0.6 is 0 Å². The average molecular weight is 445 g/mol. The van der Waals surface area contributed by atoms with Gasteiger partial charge in [0.05, 0.1) is 7.11 Å². The largest absolute Gasteiger partial charge is 0.497 e. The monoisotopic (exact) mass is 444 g/mol. The van der Waals surface area contributed by atoms with E-state index in [-0.39, 0.29) is 11.7 Å². The second kappa shape index (κ2) is 11.3. The molecule has 1 amide bonds. The van der Waals surface area contributed by atoms with E-state index in [9.17, 15) is 9.59 Å². The fourth-order valence-corrected chi connectivity index (χ4v) is 3.55. The third kappa shape index (κ3) is 6.94. The minimum absolute atomic E-state index is 0.195. The quantitative estimate of drug-likeness (QED) is 0.330. The van der Waals surface area contributed by atoms with Gasteiger partial charge in [-0.15, -0.1) is 0 Å². The van der Waals surface area contributed by atoms with Gasteiger partial charge in [-0.05, 0) is 85.5 Å². The van der Waals surface area contributed by atoms with E-state index in [0.29, 0.717) is 29.3 Å². The first kappa shape index (κ1) is 24.1. The third-order valence-corrected chi connectivity index (χ3v) is 5.49. The van der Waals surface area contributed by atoms with Crippen LogP contribution in [0.25, 0.3) is 0 Å². The molecule has 0 saturated carbocycles. The summed E-state index contributed by atoms with van der Waals surface area (Å²) in [4.78, 5) is 24.9. The van der Waals surface area contributed by atoms with E-state index < -0.39 is 0 Å². The van der Waals surface area contributed by atoms with Crippen LogP contribution in [-0.2, 0) is 0 Å². The Hall–Kier alpha value is -3.60. The summed E-state index contributed by atoms with van der Waals surface area (Å²) in [5, 5.41) is 6.28. The predicted octanol–water partition coefficient (Wildman–Crippen LogP) is 7.01. The Kier molecular flexibility index (Phi) is 8.25. The minimum atomic E-state index is -0.195. The van der Waals surface area contributed by atoms with Gasteiger partial charge in [0.1, 0.15) is 5.75 Å². The van der Waals surface area contributed by atoms with Crippen molar-refractivity contribution < 1.29 is 14.3 Å². The summed E-state index contributed by atoms with van der Waals surface area (Å²) in [6, 6.07) is 20.3. The van der Waals surface area contributed by atoms with Crippen LogP contribution in [0.5, 0.6) is 5.75 Å². The highest BCUT2D eigenvalue weighted by molar-refractivity contribution is 6.04.